The first kappa shape index (κ1) is 15.0. The molecule has 0 spiro atoms. The predicted octanol–water partition coefficient (Wildman–Crippen LogP) is 1.91. The molecule has 0 fully saturated rings. The Morgan fingerprint density at radius 2 is 1.95 bits per heavy atom. The number of anilines is 1. The molecular formula is C14H14N2O4S. The lowest BCUT2D eigenvalue weighted by atomic mass is 10.2. The van der Waals surface area contributed by atoms with Crippen LogP contribution < -0.4 is 4.31 Å². The number of rotatable bonds is 4. The van der Waals surface area contributed by atoms with E-state index in [1.807, 2.05) is 0 Å². The quantitative estimate of drug-likeness (QED) is 0.932. The summed E-state index contributed by atoms with van der Waals surface area (Å²) in [4.78, 5) is 15.2. The fourth-order valence-electron chi connectivity index (χ4n) is 1.86. The van der Waals surface area contributed by atoms with Gasteiger partial charge in [-0.25, -0.2) is 18.2 Å². The molecule has 1 N–H and O–H groups in total. The number of hydrogen-bond acceptors (Lipinski definition) is 4. The summed E-state index contributed by atoms with van der Waals surface area (Å²) in [5, 5.41) is 9.13. The van der Waals surface area contributed by atoms with Gasteiger partial charge in [0, 0.05) is 13.2 Å². The molecule has 0 amide bonds. The molecule has 1 heterocycles. The van der Waals surface area contributed by atoms with Gasteiger partial charge in [0.05, 0.1) is 4.90 Å². The highest BCUT2D eigenvalue weighted by Crippen LogP contribution is 2.23. The van der Waals surface area contributed by atoms with Crippen LogP contribution in [0.25, 0.3) is 0 Å². The summed E-state index contributed by atoms with van der Waals surface area (Å²) in [5.74, 6) is -1.35. The lowest BCUT2D eigenvalue weighted by Crippen LogP contribution is -2.29. The fraction of sp³-hybridized carbons (Fsp3) is 0.143. The molecule has 0 atom stereocenters. The molecule has 21 heavy (non-hydrogen) atoms. The number of sulfonamides is 1. The summed E-state index contributed by atoms with van der Waals surface area (Å²) in [6.45, 7) is 1.78. The van der Waals surface area contributed by atoms with Crippen LogP contribution in [0.15, 0.2) is 47.5 Å². The molecule has 0 saturated carbocycles. The zero-order valence-electron chi connectivity index (χ0n) is 11.5. The lowest BCUT2D eigenvalue weighted by molar-refractivity contribution is 0.0697. The molecule has 1 aromatic heterocycles. The maximum absolute atomic E-state index is 12.6. The van der Waals surface area contributed by atoms with Crippen molar-refractivity contribution in [2.45, 2.75) is 11.8 Å². The van der Waals surface area contributed by atoms with Crippen molar-refractivity contribution in [1.82, 2.24) is 4.98 Å². The Balaban J connectivity index is 2.54. The third-order valence-corrected chi connectivity index (χ3v) is 4.71. The predicted molar refractivity (Wildman–Crippen MR) is 78.0 cm³/mol. The molecule has 0 radical (unpaired) electrons. The van der Waals surface area contributed by atoms with Crippen molar-refractivity contribution in [3.05, 3.63) is 53.7 Å². The summed E-state index contributed by atoms with van der Waals surface area (Å²) in [7, 11) is -2.58. The van der Waals surface area contributed by atoms with Gasteiger partial charge in [0.2, 0.25) is 0 Å². The molecule has 0 bridgehead atoms. The molecule has 0 aliphatic carbocycles. The number of aryl methyl sites for hydroxylation is 1. The number of carboxylic acids is 1. The average Bonchev–Trinajstić information content (AvgIpc) is 2.46. The minimum absolute atomic E-state index is 0.0898. The first-order valence-electron chi connectivity index (χ1n) is 6.08. The third kappa shape index (κ3) is 2.87. The molecular weight excluding hydrogens is 292 g/mol. The minimum atomic E-state index is -3.86. The van der Waals surface area contributed by atoms with Crippen molar-refractivity contribution in [3.8, 4) is 0 Å². The number of nitrogens with zero attached hydrogens (tertiary/aromatic N) is 2. The Labute approximate surface area is 122 Å². The fourth-order valence-corrected chi connectivity index (χ4v) is 3.14. The van der Waals surface area contributed by atoms with Crippen LogP contribution in [0, 0.1) is 6.92 Å². The smallest absolute Gasteiger partial charge is 0.339 e. The molecule has 0 saturated heterocycles. The second-order valence-electron chi connectivity index (χ2n) is 4.47. The first-order valence-corrected chi connectivity index (χ1v) is 7.52. The molecule has 0 unspecified atom stereocenters. The average molecular weight is 306 g/mol. The van der Waals surface area contributed by atoms with Gasteiger partial charge in [0.15, 0.2) is 5.82 Å². The van der Waals surface area contributed by atoms with Crippen LogP contribution in [0.4, 0.5) is 5.82 Å². The molecule has 2 rings (SSSR count). The summed E-state index contributed by atoms with van der Waals surface area (Å²) in [6.07, 6.45) is 1.35. The van der Waals surface area contributed by atoms with Gasteiger partial charge in [-0.3, -0.25) is 4.31 Å². The molecule has 0 aliphatic heterocycles. The summed E-state index contributed by atoms with van der Waals surface area (Å²) >= 11 is 0. The Morgan fingerprint density at radius 3 is 2.57 bits per heavy atom. The molecule has 0 aliphatic rings. The topological polar surface area (TPSA) is 87.6 Å². The van der Waals surface area contributed by atoms with Crippen molar-refractivity contribution in [2.24, 2.45) is 0 Å². The summed E-state index contributed by atoms with van der Waals surface area (Å²) in [5.41, 5.74) is 0.625. The monoisotopic (exact) mass is 306 g/mol. The first-order chi connectivity index (χ1) is 9.84. The van der Waals surface area contributed by atoms with E-state index in [9.17, 15) is 13.2 Å². The number of carboxylic acid groups (broad SMARTS) is 1. The number of aromatic nitrogens is 1. The number of carbonyl (C=O) groups is 1. The van der Waals surface area contributed by atoms with E-state index in [-0.39, 0.29) is 16.3 Å². The highest BCUT2D eigenvalue weighted by molar-refractivity contribution is 7.92. The van der Waals surface area contributed by atoms with E-state index in [4.69, 9.17) is 5.11 Å². The van der Waals surface area contributed by atoms with Crippen molar-refractivity contribution >= 4 is 21.8 Å². The van der Waals surface area contributed by atoms with Crippen LogP contribution in [-0.2, 0) is 10.0 Å². The number of benzene rings is 1. The molecule has 110 valence electrons. The molecule has 2 aromatic rings. The Kier molecular flexibility index (Phi) is 3.95. The number of hydrogen-bond donors (Lipinski definition) is 1. The van der Waals surface area contributed by atoms with Crippen LogP contribution >= 0.6 is 0 Å². The summed E-state index contributed by atoms with van der Waals surface area (Å²) in [6, 6.07) is 9.15. The van der Waals surface area contributed by atoms with E-state index in [2.05, 4.69) is 4.98 Å². The zero-order chi connectivity index (χ0) is 15.6. The van der Waals surface area contributed by atoms with Crippen LogP contribution in [-0.4, -0.2) is 31.5 Å². The van der Waals surface area contributed by atoms with Crippen LogP contribution in [0.5, 0.6) is 0 Å². The van der Waals surface area contributed by atoms with Gasteiger partial charge < -0.3 is 5.11 Å². The van der Waals surface area contributed by atoms with Gasteiger partial charge in [-0.2, -0.15) is 0 Å². The Hall–Kier alpha value is -2.41. The standard InChI is InChI=1S/C14H14N2O4S/c1-10-5-3-6-11(9-10)21(19,20)16(2)13-12(14(17)18)7-4-8-15-13/h3-9H,1-2H3,(H,17,18). The normalized spacial score (nSPS) is 11.1. The van der Waals surface area contributed by atoms with E-state index in [0.29, 0.717) is 0 Å². The highest BCUT2D eigenvalue weighted by Gasteiger charge is 2.26. The molecule has 1 aromatic carbocycles. The van der Waals surface area contributed by atoms with Crippen LogP contribution in [0.2, 0.25) is 0 Å². The van der Waals surface area contributed by atoms with Gasteiger partial charge in [-0.15, -0.1) is 0 Å². The Bertz CT molecular complexity index is 787. The van der Waals surface area contributed by atoms with Gasteiger partial charge in [-0.1, -0.05) is 12.1 Å². The van der Waals surface area contributed by atoms with Crippen LogP contribution in [0.1, 0.15) is 15.9 Å². The van der Waals surface area contributed by atoms with E-state index in [1.54, 1.807) is 19.1 Å². The van der Waals surface area contributed by atoms with E-state index in [0.717, 1.165) is 9.87 Å². The maximum Gasteiger partial charge on any atom is 0.339 e. The second-order valence-corrected chi connectivity index (χ2v) is 6.44. The summed E-state index contributed by atoms with van der Waals surface area (Å²) < 4.78 is 26.0. The lowest BCUT2D eigenvalue weighted by Gasteiger charge is -2.20. The van der Waals surface area contributed by atoms with Gasteiger partial charge in [0.25, 0.3) is 10.0 Å². The molecule has 7 heteroatoms. The number of aromatic carboxylic acids is 1. The zero-order valence-corrected chi connectivity index (χ0v) is 12.3. The van der Waals surface area contributed by atoms with E-state index >= 15 is 0 Å². The van der Waals surface area contributed by atoms with Crippen molar-refractivity contribution in [1.29, 1.82) is 0 Å². The van der Waals surface area contributed by atoms with Crippen LogP contribution in [0.3, 0.4) is 0 Å². The van der Waals surface area contributed by atoms with Gasteiger partial charge >= 0.3 is 5.97 Å². The van der Waals surface area contributed by atoms with Crippen molar-refractivity contribution in [2.75, 3.05) is 11.4 Å². The van der Waals surface area contributed by atoms with Crippen molar-refractivity contribution in [3.63, 3.8) is 0 Å². The number of pyridine rings is 1. The van der Waals surface area contributed by atoms with E-state index in [1.165, 1.54) is 37.5 Å². The second kappa shape index (κ2) is 5.53. The van der Waals surface area contributed by atoms with Crippen molar-refractivity contribution < 1.29 is 18.3 Å². The van der Waals surface area contributed by atoms with Gasteiger partial charge in [0.1, 0.15) is 5.56 Å². The maximum atomic E-state index is 12.6. The van der Waals surface area contributed by atoms with Gasteiger partial charge in [-0.05, 0) is 36.8 Å². The SMILES string of the molecule is Cc1cccc(S(=O)(=O)N(C)c2ncccc2C(=O)O)c1. The highest BCUT2D eigenvalue weighted by atomic mass is 32.2. The Morgan fingerprint density at radius 1 is 1.24 bits per heavy atom. The third-order valence-electron chi connectivity index (χ3n) is 2.96. The van der Waals surface area contributed by atoms with E-state index < -0.39 is 16.0 Å². The molecule has 6 nitrogen and oxygen atoms in total. The minimum Gasteiger partial charge on any atom is -0.478 e. The largest absolute Gasteiger partial charge is 0.478 e.